The molecule has 2 amide bonds. The van der Waals surface area contributed by atoms with Crippen LogP contribution in [0.3, 0.4) is 0 Å². The molecule has 0 aliphatic carbocycles. The Bertz CT molecular complexity index is 1020. The number of nitrogens with zero attached hydrogens (tertiary/aromatic N) is 4. The van der Waals surface area contributed by atoms with E-state index in [0.717, 1.165) is 16.8 Å². The number of carbonyl (C=O) groups excluding carboxylic acids is 2. The predicted octanol–water partition coefficient (Wildman–Crippen LogP) is 2.88. The highest BCUT2D eigenvalue weighted by molar-refractivity contribution is 5.93. The van der Waals surface area contributed by atoms with E-state index in [9.17, 15) is 19.2 Å². The minimum Gasteiger partial charge on any atom is -0.450 e. The largest absolute Gasteiger partial charge is 0.450 e. The van der Waals surface area contributed by atoms with E-state index < -0.39 is 0 Å². The van der Waals surface area contributed by atoms with Crippen LogP contribution in [-0.4, -0.2) is 65.7 Å². The van der Waals surface area contributed by atoms with Crippen molar-refractivity contribution in [3.05, 3.63) is 52.5 Å². The molecule has 0 spiro atoms. The zero-order valence-corrected chi connectivity index (χ0v) is 18.7. The van der Waals surface area contributed by atoms with E-state index in [-0.39, 0.29) is 24.4 Å². The smallest absolute Gasteiger partial charge is 0.409 e. The van der Waals surface area contributed by atoms with Crippen molar-refractivity contribution in [2.24, 2.45) is 0 Å². The van der Waals surface area contributed by atoms with Gasteiger partial charge in [0.1, 0.15) is 17.7 Å². The SMILES string of the molecule is CCOC(=O)N1CCN(CC(=O)Nc2c(C#N)c(C)c(C)n2Cc2ccc(F)cc2)CC1. The molecule has 1 saturated heterocycles. The van der Waals surface area contributed by atoms with E-state index in [1.807, 2.05) is 23.3 Å². The Morgan fingerprint density at radius 1 is 1.16 bits per heavy atom. The number of aromatic nitrogens is 1. The first-order valence-electron chi connectivity index (χ1n) is 10.6. The molecule has 0 atom stereocenters. The predicted molar refractivity (Wildman–Crippen MR) is 118 cm³/mol. The lowest BCUT2D eigenvalue weighted by atomic mass is 10.2. The van der Waals surface area contributed by atoms with Crippen molar-refractivity contribution in [2.45, 2.75) is 27.3 Å². The second kappa shape index (κ2) is 10.3. The summed E-state index contributed by atoms with van der Waals surface area (Å²) in [5, 5.41) is 12.6. The minimum absolute atomic E-state index is 0.154. The van der Waals surface area contributed by atoms with Crippen LogP contribution in [0.4, 0.5) is 15.0 Å². The first-order chi connectivity index (χ1) is 15.3. The summed E-state index contributed by atoms with van der Waals surface area (Å²) in [5.74, 6) is -0.102. The molecule has 0 bridgehead atoms. The number of ether oxygens (including phenoxy) is 1. The van der Waals surface area contributed by atoms with Crippen LogP contribution in [0, 0.1) is 31.0 Å². The summed E-state index contributed by atoms with van der Waals surface area (Å²) in [5.41, 5.74) is 2.95. The Labute approximate surface area is 187 Å². The molecule has 32 heavy (non-hydrogen) atoms. The molecule has 0 unspecified atom stereocenters. The number of piperazine rings is 1. The molecule has 1 aromatic heterocycles. The maximum atomic E-state index is 13.3. The van der Waals surface area contributed by atoms with Crippen LogP contribution in [0.25, 0.3) is 0 Å². The van der Waals surface area contributed by atoms with Gasteiger partial charge in [-0.3, -0.25) is 9.69 Å². The zero-order chi connectivity index (χ0) is 23.3. The van der Waals surface area contributed by atoms with E-state index in [1.165, 1.54) is 12.1 Å². The number of carbonyl (C=O) groups is 2. The summed E-state index contributed by atoms with van der Waals surface area (Å²) in [7, 11) is 0. The molecule has 1 aliphatic rings. The van der Waals surface area contributed by atoms with Gasteiger partial charge in [0.05, 0.1) is 18.7 Å². The third-order valence-electron chi connectivity index (χ3n) is 5.72. The van der Waals surface area contributed by atoms with Crippen LogP contribution in [-0.2, 0) is 16.1 Å². The standard InChI is InChI=1S/C23H28FN5O3/c1-4-32-23(31)28-11-9-27(10-12-28)15-21(30)26-22-20(13-25)16(2)17(3)29(22)14-18-5-7-19(24)8-6-18/h5-8H,4,9-12,14-15H2,1-3H3,(H,26,30). The van der Waals surface area contributed by atoms with Gasteiger partial charge in [-0.25, -0.2) is 9.18 Å². The first-order valence-corrected chi connectivity index (χ1v) is 10.6. The number of nitriles is 1. The molecule has 2 heterocycles. The van der Waals surface area contributed by atoms with Crippen molar-refractivity contribution in [2.75, 3.05) is 44.6 Å². The second-order valence-corrected chi connectivity index (χ2v) is 7.77. The molecule has 1 aliphatic heterocycles. The quantitative estimate of drug-likeness (QED) is 0.745. The fourth-order valence-electron chi connectivity index (χ4n) is 3.78. The van der Waals surface area contributed by atoms with E-state index in [0.29, 0.717) is 50.7 Å². The molecule has 170 valence electrons. The fourth-order valence-corrected chi connectivity index (χ4v) is 3.78. The average molecular weight is 442 g/mol. The van der Waals surface area contributed by atoms with Gasteiger partial charge in [0.25, 0.3) is 0 Å². The molecule has 3 rings (SSSR count). The number of anilines is 1. The molecule has 8 nitrogen and oxygen atoms in total. The van der Waals surface area contributed by atoms with Crippen LogP contribution >= 0.6 is 0 Å². The maximum absolute atomic E-state index is 13.3. The lowest BCUT2D eigenvalue weighted by molar-refractivity contribution is -0.117. The summed E-state index contributed by atoms with van der Waals surface area (Å²) in [6, 6.07) is 8.34. The highest BCUT2D eigenvalue weighted by atomic mass is 19.1. The van der Waals surface area contributed by atoms with Crippen molar-refractivity contribution in [3.8, 4) is 6.07 Å². The average Bonchev–Trinajstić information content (AvgIpc) is 2.99. The maximum Gasteiger partial charge on any atom is 0.409 e. The van der Waals surface area contributed by atoms with Gasteiger partial charge in [-0.2, -0.15) is 5.26 Å². The van der Waals surface area contributed by atoms with Gasteiger partial charge < -0.3 is 19.5 Å². The molecule has 9 heteroatoms. The first kappa shape index (κ1) is 23.3. The Balaban J connectivity index is 1.69. The van der Waals surface area contributed by atoms with E-state index >= 15 is 0 Å². The van der Waals surface area contributed by atoms with Crippen molar-refractivity contribution in [1.82, 2.24) is 14.4 Å². The summed E-state index contributed by atoms with van der Waals surface area (Å²) < 4.78 is 20.2. The lowest BCUT2D eigenvalue weighted by Crippen LogP contribution is -2.50. The number of hydrogen-bond acceptors (Lipinski definition) is 5. The van der Waals surface area contributed by atoms with Crippen molar-refractivity contribution >= 4 is 17.8 Å². The number of nitrogens with one attached hydrogen (secondary N) is 1. The highest BCUT2D eigenvalue weighted by Gasteiger charge is 2.25. The van der Waals surface area contributed by atoms with E-state index in [1.54, 1.807) is 24.0 Å². The van der Waals surface area contributed by atoms with Gasteiger partial charge >= 0.3 is 6.09 Å². The van der Waals surface area contributed by atoms with Crippen LogP contribution in [0.15, 0.2) is 24.3 Å². The molecule has 1 fully saturated rings. The molecular formula is C23H28FN5O3. The number of hydrogen-bond donors (Lipinski definition) is 1. The molecule has 0 saturated carbocycles. The summed E-state index contributed by atoms with van der Waals surface area (Å²) in [4.78, 5) is 28.2. The van der Waals surface area contributed by atoms with Crippen molar-refractivity contribution < 1.29 is 18.7 Å². The van der Waals surface area contributed by atoms with E-state index in [4.69, 9.17) is 4.74 Å². The van der Waals surface area contributed by atoms with E-state index in [2.05, 4.69) is 11.4 Å². The lowest BCUT2D eigenvalue weighted by Gasteiger charge is -2.33. The Morgan fingerprint density at radius 3 is 2.41 bits per heavy atom. The summed E-state index contributed by atoms with van der Waals surface area (Å²) in [6.07, 6.45) is -0.333. The number of rotatable bonds is 6. The zero-order valence-electron chi connectivity index (χ0n) is 18.7. The molecule has 1 aromatic carbocycles. The highest BCUT2D eigenvalue weighted by Crippen LogP contribution is 2.27. The topological polar surface area (TPSA) is 90.6 Å². The molecule has 0 radical (unpaired) electrons. The third-order valence-corrected chi connectivity index (χ3v) is 5.72. The molecule has 2 aromatic rings. The van der Waals surface area contributed by atoms with Crippen molar-refractivity contribution in [1.29, 1.82) is 5.26 Å². The molecule has 1 N–H and O–H groups in total. The minimum atomic E-state index is -0.333. The van der Waals surface area contributed by atoms with Crippen LogP contribution in [0.5, 0.6) is 0 Å². The Hall–Kier alpha value is -3.38. The Kier molecular flexibility index (Phi) is 7.49. The second-order valence-electron chi connectivity index (χ2n) is 7.77. The normalized spacial score (nSPS) is 14.2. The van der Waals surface area contributed by atoms with Gasteiger partial charge in [0, 0.05) is 38.4 Å². The molecular weight excluding hydrogens is 413 g/mol. The Morgan fingerprint density at radius 2 is 1.81 bits per heavy atom. The van der Waals surface area contributed by atoms with Crippen LogP contribution in [0.2, 0.25) is 0 Å². The van der Waals surface area contributed by atoms with Gasteiger partial charge in [0.2, 0.25) is 5.91 Å². The summed E-state index contributed by atoms with van der Waals surface area (Å²) in [6.45, 7) is 8.51. The fraction of sp³-hybridized carbons (Fsp3) is 0.435. The number of benzene rings is 1. The van der Waals surface area contributed by atoms with Gasteiger partial charge in [-0.1, -0.05) is 12.1 Å². The number of halogens is 1. The van der Waals surface area contributed by atoms with Crippen LogP contribution in [0.1, 0.15) is 29.3 Å². The van der Waals surface area contributed by atoms with Crippen molar-refractivity contribution in [3.63, 3.8) is 0 Å². The third kappa shape index (κ3) is 5.26. The van der Waals surface area contributed by atoms with Crippen LogP contribution < -0.4 is 5.32 Å². The van der Waals surface area contributed by atoms with Gasteiger partial charge in [0.15, 0.2) is 0 Å². The number of amides is 2. The summed E-state index contributed by atoms with van der Waals surface area (Å²) >= 11 is 0. The monoisotopic (exact) mass is 441 g/mol. The van der Waals surface area contributed by atoms with Gasteiger partial charge in [-0.15, -0.1) is 0 Å². The van der Waals surface area contributed by atoms with Gasteiger partial charge in [-0.05, 0) is 44.0 Å².